The number of nitrogens with zero attached hydrogens (tertiary/aromatic N) is 4. The summed E-state index contributed by atoms with van der Waals surface area (Å²) in [5.41, 5.74) is 2.75. The summed E-state index contributed by atoms with van der Waals surface area (Å²) in [6.45, 7) is 0.947. The molecular formula is C23H20F3N5O2. The van der Waals surface area contributed by atoms with Crippen LogP contribution in [0, 0.1) is 0 Å². The van der Waals surface area contributed by atoms with Gasteiger partial charge in [-0.05, 0) is 42.0 Å². The van der Waals surface area contributed by atoms with Crippen LogP contribution in [-0.4, -0.2) is 32.1 Å². The van der Waals surface area contributed by atoms with E-state index in [0.29, 0.717) is 31.2 Å². The van der Waals surface area contributed by atoms with Crippen LogP contribution in [0.15, 0.2) is 59.4 Å². The van der Waals surface area contributed by atoms with Crippen LogP contribution in [0.5, 0.6) is 5.75 Å². The number of methoxy groups -OCH3 is 1. The maximum Gasteiger partial charge on any atom is 0.416 e. The molecule has 4 aromatic rings. The molecule has 1 aliphatic rings. The van der Waals surface area contributed by atoms with E-state index in [4.69, 9.17) is 9.26 Å². The van der Waals surface area contributed by atoms with Crippen molar-refractivity contribution in [1.82, 2.24) is 25.0 Å². The van der Waals surface area contributed by atoms with E-state index in [1.165, 1.54) is 12.1 Å². The molecule has 170 valence electrons. The van der Waals surface area contributed by atoms with E-state index in [2.05, 4.69) is 25.0 Å². The van der Waals surface area contributed by atoms with Gasteiger partial charge in [0.1, 0.15) is 5.75 Å². The number of imidazole rings is 1. The van der Waals surface area contributed by atoms with Crippen LogP contribution in [0.25, 0.3) is 11.4 Å². The number of hydrogen-bond donors (Lipinski definition) is 1. The number of rotatable bonds is 5. The summed E-state index contributed by atoms with van der Waals surface area (Å²) in [5.74, 6) is 1.61. The molecule has 10 heteroatoms. The number of hydrogen-bond acceptors (Lipinski definition) is 6. The second kappa shape index (κ2) is 8.36. The average Bonchev–Trinajstić information content (AvgIpc) is 3.48. The molecule has 0 spiro atoms. The maximum atomic E-state index is 12.9. The molecule has 5 rings (SSSR count). The predicted octanol–water partition coefficient (Wildman–Crippen LogP) is 4.79. The number of nitrogens with one attached hydrogen (secondary N) is 1. The minimum atomic E-state index is -4.36. The highest BCUT2D eigenvalue weighted by molar-refractivity contribution is 5.55. The molecule has 7 nitrogen and oxygen atoms in total. The van der Waals surface area contributed by atoms with Gasteiger partial charge >= 0.3 is 6.18 Å². The highest BCUT2D eigenvalue weighted by Gasteiger charge is 2.34. The Labute approximate surface area is 187 Å². The Balaban J connectivity index is 1.41. The topological polar surface area (TPSA) is 80.1 Å². The van der Waals surface area contributed by atoms with Gasteiger partial charge in [0, 0.05) is 25.1 Å². The first-order chi connectivity index (χ1) is 15.9. The van der Waals surface area contributed by atoms with Gasteiger partial charge in [-0.1, -0.05) is 17.3 Å². The summed E-state index contributed by atoms with van der Waals surface area (Å²) in [6.07, 6.45) is -2.18. The normalized spacial score (nSPS) is 16.5. The third-order valence-corrected chi connectivity index (χ3v) is 5.74. The highest BCUT2D eigenvalue weighted by atomic mass is 19.4. The number of H-pyrrole nitrogens is 1. The zero-order chi connectivity index (χ0) is 23.0. The van der Waals surface area contributed by atoms with Crippen molar-refractivity contribution in [1.29, 1.82) is 0 Å². The standard InChI is InChI=1S/C23H20F3N5O2/c1-32-17-8-4-15(5-9-17)21-29-22(33-30-21)20-10-18-19(28-13-27-18)12-31(20)11-14-2-6-16(7-3-14)23(24,25)26/h2-9,13,20H,10-12H2,1H3,(H,27,28)/t20-/m0/s1. The smallest absolute Gasteiger partial charge is 0.416 e. The molecule has 0 saturated carbocycles. The molecular weight excluding hydrogens is 435 g/mol. The number of aromatic amines is 1. The van der Waals surface area contributed by atoms with Crippen molar-refractivity contribution >= 4 is 0 Å². The second-order valence-electron chi connectivity index (χ2n) is 7.83. The fourth-order valence-electron chi connectivity index (χ4n) is 3.96. The van der Waals surface area contributed by atoms with Crippen LogP contribution >= 0.6 is 0 Å². The van der Waals surface area contributed by atoms with Crippen molar-refractivity contribution in [3.63, 3.8) is 0 Å². The molecule has 1 aliphatic heterocycles. The molecule has 2 aromatic carbocycles. The monoisotopic (exact) mass is 455 g/mol. The fourth-order valence-corrected chi connectivity index (χ4v) is 3.96. The van der Waals surface area contributed by atoms with Gasteiger partial charge in [-0.2, -0.15) is 18.2 Å². The summed E-state index contributed by atoms with van der Waals surface area (Å²) in [5, 5.41) is 4.13. The minimum Gasteiger partial charge on any atom is -0.497 e. The van der Waals surface area contributed by atoms with E-state index in [1.54, 1.807) is 13.4 Å². The minimum absolute atomic E-state index is 0.261. The number of benzene rings is 2. The molecule has 0 fully saturated rings. The summed E-state index contributed by atoms with van der Waals surface area (Å²) in [7, 11) is 1.60. The Bertz CT molecular complexity index is 1230. The Morgan fingerprint density at radius 3 is 2.58 bits per heavy atom. The van der Waals surface area contributed by atoms with Crippen molar-refractivity contribution in [3.05, 3.63) is 83.3 Å². The van der Waals surface area contributed by atoms with E-state index in [1.807, 2.05) is 24.3 Å². The first kappa shape index (κ1) is 21.2. The molecule has 0 amide bonds. The Hall–Kier alpha value is -3.66. The van der Waals surface area contributed by atoms with Gasteiger partial charge in [-0.3, -0.25) is 4.90 Å². The van der Waals surface area contributed by atoms with Crippen LogP contribution < -0.4 is 4.74 Å². The first-order valence-electron chi connectivity index (χ1n) is 10.3. The van der Waals surface area contributed by atoms with Gasteiger partial charge in [0.2, 0.25) is 11.7 Å². The van der Waals surface area contributed by atoms with Gasteiger partial charge in [0.05, 0.1) is 36.4 Å². The van der Waals surface area contributed by atoms with Crippen LogP contribution in [0.3, 0.4) is 0 Å². The lowest BCUT2D eigenvalue weighted by molar-refractivity contribution is -0.137. The molecule has 3 heterocycles. The zero-order valence-electron chi connectivity index (χ0n) is 17.6. The van der Waals surface area contributed by atoms with Crippen molar-refractivity contribution < 1.29 is 22.4 Å². The number of aromatic nitrogens is 4. The fraction of sp³-hybridized carbons (Fsp3) is 0.261. The maximum absolute atomic E-state index is 12.9. The van der Waals surface area contributed by atoms with Crippen LogP contribution in [0.1, 0.15) is 34.4 Å². The second-order valence-corrected chi connectivity index (χ2v) is 7.83. The molecule has 0 saturated heterocycles. The summed E-state index contributed by atoms with van der Waals surface area (Å²) >= 11 is 0. The molecule has 33 heavy (non-hydrogen) atoms. The summed E-state index contributed by atoms with van der Waals surface area (Å²) < 4.78 is 49.6. The van der Waals surface area contributed by atoms with E-state index >= 15 is 0 Å². The lowest BCUT2D eigenvalue weighted by Crippen LogP contribution is -2.34. The third-order valence-electron chi connectivity index (χ3n) is 5.74. The molecule has 2 aromatic heterocycles. The molecule has 0 aliphatic carbocycles. The molecule has 1 atom stereocenters. The van der Waals surface area contributed by atoms with Gasteiger partial charge in [-0.25, -0.2) is 4.98 Å². The van der Waals surface area contributed by atoms with Gasteiger partial charge in [0.25, 0.3) is 0 Å². The highest BCUT2D eigenvalue weighted by Crippen LogP contribution is 2.34. The van der Waals surface area contributed by atoms with Gasteiger partial charge in [0.15, 0.2) is 0 Å². The predicted molar refractivity (Wildman–Crippen MR) is 112 cm³/mol. The van der Waals surface area contributed by atoms with Crippen molar-refractivity contribution in [2.45, 2.75) is 31.7 Å². The third kappa shape index (κ3) is 4.34. The summed E-state index contributed by atoms with van der Waals surface area (Å²) in [6, 6.07) is 12.3. The molecule has 0 bridgehead atoms. The number of ether oxygens (including phenoxy) is 1. The molecule has 1 N–H and O–H groups in total. The Kier molecular flexibility index (Phi) is 5.37. The lowest BCUT2D eigenvalue weighted by atomic mass is 10.0. The quantitative estimate of drug-likeness (QED) is 0.466. The Morgan fingerprint density at radius 1 is 1.12 bits per heavy atom. The summed E-state index contributed by atoms with van der Waals surface area (Å²) in [4.78, 5) is 14.2. The first-order valence-corrected chi connectivity index (χ1v) is 10.3. The van der Waals surface area contributed by atoms with Gasteiger partial charge in [-0.15, -0.1) is 0 Å². The average molecular weight is 455 g/mol. The van der Waals surface area contributed by atoms with E-state index in [9.17, 15) is 13.2 Å². The van der Waals surface area contributed by atoms with Crippen molar-refractivity contribution in [2.75, 3.05) is 7.11 Å². The van der Waals surface area contributed by atoms with Crippen LogP contribution in [-0.2, 0) is 25.7 Å². The van der Waals surface area contributed by atoms with Crippen molar-refractivity contribution in [2.24, 2.45) is 0 Å². The van der Waals surface area contributed by atoms with Crippen LogP contribution in [0.4, 0.5) is 13.2 Å². The lowest BCUT2D eigenvalue weighted by Gasteiger charge is -2.32. The SMILES string of the molecule is COc1ccc(-c2noc([C@@H]3Cc4nc[nH]c4CN3Cc3ccc(C(F)(F)F)cc3)n2)cc1. The van der Waals surface area contributed by atoms with Crippen LogP contribution in [0.2, 0.25) is 0 Å². The largest absolute Gasteiger partial charge is 0.497 e. The van der Waals surface area contributed by atoms with E-state index < -0.39 is 11.7 Å². The van der Waals surface area contributed by atoms with Crippen molar-refractivity contribution in [3.8, 4) is 17.1 Å². The van der Waals surface area contributed by atoms with E-state index in [-0.39, 0.29) is 6.04 Å². The molecule has 0 radical (unpaired) electrons. The number of halogens is 3. The number of fused-ring (bicyclic) bond motifs is 1. The van der Waals surface area contributed by atoms with Gasteiger partial charge < -0.3 is 14.2 Å². The zero-order valence-corrected chi connectivity index (χ0v) is 17.6. The Morgan fingerprint density at radius 2 is 1.88 bits per heavy atom. The molecule has 0 unspecified atom stereocenters. The number of alkyl halides is 3. The van der Waals surface area contributed by atoms with E-state index in [0.717, 1.165) is 40.4 Å².